The van der Waals surface area contributed by atoms with Gasteiger partial charge in [-0.1, -0.05) is 12.1 Å². The highest BCUT2D eigenvalue weighted by atomic mass is 16.5. The van der Waals surface area contributed by atoms with Crippen molar-refractivity contribution in [2.24, 2.45) is 10.9 Å². The second-order valence-electron chi connectivity index (χ2n) is 6.51. The smallest absolute Gasteiger partial charge is 0.228 e. The third-order valence-corrected chi connectivity index (χ3v) is 4.62. The van der Waals surface area contributed by atoms with Gasteiger partial charge in [0.05, 0.1) is 18.9 Å². The average Bonchev–Trinajstić information content (AvgIpc) is 3.26. The van der Waals surface area contributed by atoms with E-state index in [0.29, 0.717) is 36.6 Å². The van der Waals surface area contributed by atoms with Gasteiger partial charge in [-0.2, -0.15) is 4.98 Å². The van der Waals surface area contributed by atoms with Crippen molar-refractivity contribution in [3.63, 3.8) is 0 Å². The Bertz CT molecular complexity index is 679. The van der Waals surface area contributed by atoms with Crippen molar-refractivity contribution in [3.05, 3.63) is 30.4 Å². The molecule has 2 aromatic rings. The number of nitrogens with zero attached hydrogens (tertiary/aromatic N) is 6. The first-order valence-electron chi connectivity index (χ1n) is 8.97. The van der Waals surface area contributed by atoms with Crippen LogP contribution in [0.5, 0.6) is 0 Å². The van der Waals surface area contributed by atoms with E-state index in [-0.39, 0.29) is 0 Å². The summed E-state index contributed by atoms with van der Waals surface area (Å²) in [6, 6.07) is 0.415. The van der Waals surface area contributed by atoms with Gasteiger partial charge >= 0.3 is 0 Å². The topological polar surface area (TPSA) is 84.4 Å². The van der Waals surface area contributed by atoms with Crippen LogP contribution in [-0.2, 0) is 6.42 Å². The molecule has 3 rings (SSSR count). The maximum atomic E-state index is 5.16. The minimum Gasteiger partial charge on any atom is -0.357 e. The van der Waals surface area contributed by atoms with E-state index in [1.807, 2.05) is 25.6 Å². The summed E-state index contributed by atoms with van der Waals surface area (Å²) in [6.07, 6.45) is 7.59. The average molecular weight is 345 g/mol. The Labute approximate surface area is 148 Å². The minimum atomic E-state index is 0.415. The third kappa shape index (κ3) is 4.37. The fourth-order valence-corrected chi connectivity index (χ4v) is 3.22. The van der Waals surface area contributed by atoms with Crippen LogP contribution in [0.1, 0.15) is 38.0 Å². The molecule has 0 amide bonds. The molecule has 2 atom stereocenters. The quantitative estimate of drug-likeness (QED) is 0.655. The van der Waals surface area contributed by atoms with Gasteiger partial charge < -0.3 is 19.3 Å². The molecule has 0 aromatic carbocycles. The molecule has 2 unspecified atom stereocenters. The maximum Gasteiger partial charge on any atom is 0.228 e. The normalized spacial score (nSPS) is 21.6. The highest BCUT2D eigenvalue weighted by Gasteiger charge is 2.28. The molecule has 25 heavy (non-hydrogen) atoms. The zero-order valence-corrected chi connectivity index (χ0v) is 15.2. The molecule has 8 heteroatoms. The van der Waals surface area contributed by atoms with Crippen LogP contribution in [0.25, 0.3) is 0 Å². The number of hydrogen-bond donors (Lipinski definition) is 1. The SMILES string of the molecule is CCNC(=NCCc1nc(C)no1)N1CCC(C)C(n2ccnc2)C1. The van der Waals surface area contributed by atoms with Crippen LogP contribution in [0.4, 0.5) is 0 Å². The summed E-state index contributed by atoms with van der Waals surface area (Å²) in [4.78, 5) is 15.5. The Hall–Kier alpha value is -2.38. The van der Waals surface area contributed by atoms with Gasteiger partial charge in [-0.3, -0.25) is 4.99 Å². The molecule has 0 radical (unpaired) electrons. The van der Waals surface area contributed by atoms with Crippen molar-refractivity contribution in [1.82, 2.24) is 29.9 Å². The number of imidazole rings is 1. The molecule has 1 aliphatic rings. The van der Waals surface area contributed by atoms with E-state index < -0.39 is 0 Å². The number of nitrogens with one attached hydrogen (secondary N) is 1. The predicted molar refractivity (Wildman–Crippen MR) is 95.3 cm³/mol. The fourth-order valence-electron chi connectivity index (χ4n) is 3.22. The first kappa shape index (κ1) is 17.4. The zero-order valence-electron chi connectivity index (χ0n) is 15.2. The van der Waals surface area contributed by atoms with Crippen molar-refractivity contribution in [3.8, 4) is 0 Å². The second kappa shape index (κ2) is 8.13. The molecule has 1 N–H and O–H groups in total. The molecule has 2 aromatic heterocycles. The van der Waals surface area contributed by atoms with Gasteiger partial charge in [-0.05, 0) is 26.2 Å². The molecule has 0 saturated carbocycles. The Morgan fingerprint density at radius 3 is 3.04 bits per heavy atom. The largest absolute Gasteiger partial charge is 0.357 e. The summed E-state index contributed by atoms with van der Waals surface area (Å²) in [5.74, 6) is 2.88. The predicted octanol–water partition coefficient (Wildman–Crippen LogP) is 1.67. The number of aromatic nitrogens is 4. The zero-order chi connectivity index (χ0) is 17.6. The number of aryl methyl sites for hydroxylation is 1. The van der Waals surface area contributed by atoms with Gasteiger partial charge in [0.15, 0.2) is 11.8 Å². The van der Waals surface area contributed by atoms with Crippen LogP contribution in [-0.4, -0.2) is 56.7 Å². The summed E-state index contributed by atoms with van der Waals surface area (Å²) < 4.78 is 7.37. The molecule has 1 aliphatic heterocycles. The van der Waals surface area contributed by atoms with E-state index >= 15 is 0 Å². The molecular weight excluding hydrogens is 318 g/mol. The highest BCUT2D eigenvalue weighted by molar-refractivity contribution is 5.80. The van der Waals surface area contributed by atoms with Crippen molar-refractivity contribution in [2.75, 3.05) is 26.2 Å². The van der Waals surface area contributed by atoms with Crippen LogP contribution in [0, 0.1) is 12.8 Å². The van der Waals surface area contributed by atoms with Gasteiger partial charge in [0.2, 0.25) is 5.89 Å². The number of aliphatic imine (C=N–C) groups is 1. The summed E-state index contributed by atoms with van der Waals surface area (Å²) in [5.41, 5.74) is 0. The van der Waals surface area contributed by atoms with Gasteiger partial charge in [-0.15, -0.1) is 0 Å². The number of piperidine rings is 1. The molecule has 8 nitrogen and oxygen atoms in total. The molecule has 0 bridgehead atoms. The van der Waals surface area contributed by atoms with E-state index in [1.54, 1.807) is 0 Å². The van der Waals surface area contributed by atoms with Gasteiger partial charge in [0.25, 0.3) is 0 Å². The van der Waals surface area contributed by atoms with E-state index in [4.69, 9.17) is 9.52 Å². The van der Waals surface area contributed by atoms with E-state index in [2.05, 4.69) is 43.8 Å². The summed E-state index contributed by atoms with van der Waals surface area (Å²) in [6.45, 7) is 9.65. The number of hydrogen-bond acceptors (Lipinski definition) is 5. The number of guanidine groups is 1. The van der Waals surface area contributed by atoms with E-state index in [9.17, 15) is 0 Å². The van der Waals surface area contributed by atoms with Crippen molar-refractivity contribution >= 4 is 5.96 Å². The van der Waals surface area contributed by atoms with Crippen LogP contribution in [0.15, 0.2) is 28.2 Å². The van der Waals surface area contributed by atoms with Crippen LogP contribution in [0.3, 0.4) is 0 Å². The molecular formula is C17H27N7O. The summed E-state index contributed by atoms with van der Waals surface area (Å²) in [5, 5.41) is 7.23. The fraction of sp³-hybridized carbons (Fsp3) is 0.647. The number of rotatable bonds is 5. The lowest BCUT2D eigenvalue weighted by Gasteiger charge is -2.39. The lowest BCUT2D eigenvalue weighted by Crippen LogP contribution is -2.49. The van der Waals surface area contributed by atoms with Gasteiger partial charge in [0.1, 0.15) is 0 Å². The first-order valence-corrected chi connectivity index (χ1v) is 8.97. The van der Waals surface area contributed by atoms with Crippen molar-refractivity contribution < 1.29 is 4.52 Å². The molecule has 136 valence electrons. The highest BCUT2D eigenvalue weighted by Crippen LogP contribution is 2.27. The molecule has 3 heterocycles. The number of likely N-dealkylation sites (tertiary alicyclic amines) is 1. The second-order valence-corrected chi connectivity index (χ2v) is 6.51. The molecule has 1 fully saturated rings. The Morgan fingerprint density at radius 2 is 2.36 bits per heavy atom. The summed E-state index contributed by atoms with van der Waals surface area (Å²) in [7, 11) is 0. The summed E-state index contributed by atoms with van der Waals surface area (Å²) >= 11 is 0. The Balaban J connectivity index is 1.65. The lowest BCUT2D eigenvalue weighted by molar-refractivity contribution is 0.189. The van der Waals surface area contributed by atoms with E-state index in [1.165, 1.54) is 0 Å². The Kier molecular flexibility index (Phi) is 5.67. The van der Waals surface area contributed by atoms with Crippen LogP contribution >= 0.6 is 0 Å². The monoisotopic (exact) mass is 345 g/mol. The minimum absolute atomic E-state index is 0.415. The lowest BCUT2D eigenvalue weighted by atomic mass is 9.93. The third-order valence-electron chi connectivity index (χ3n) is 4.62. The first-order chi connectivity index (χ1) is 12.2. The van der Waals surface area contributed by atoms with Crippen molar-refractivity contribution in [2.45, 2.75) is 39.7 Å². The van der Waals surface area contributed by atoms with E-state index in [0.717, 1.165) is 32.0 Å². The van der Waals surface area contributed by atoms with Crippen molar-refractivity contribution in [1.29, 1.82) is 0 Å². The molecule has 1 saturated heterocycles. The van der Waals surface area contributed by atoms with Gasteiger partial charge in [0, 0.05) is 38.4 Å². The van der Waals surface area contributed by atoms with Crippen LogP contribution < -0.4 is 5.32 Å². The molecule has 0 spiro atoms. The Morgan fingerprint density at radius 1 is 1.48 bits per heavy atom. The van der Waals surface area contributed by atoms with Crippen LogP contribution in [0.2, 0.25) is 0 Å². The standard InChI is InChI=1S/C17H27N7O/c1-4-19-17(20-7-5-16-21-14(3)22-25-16)23-9-6-13(2)15(11-23)24-10-8-18-12-24/h8,10,12-13,15H,4-7,9,11H2,1-3H3,(H,19,20). The van der Waals surface area contributed by atoms with Gasteiger partial charge in [-0.25, -0.2) is 4.98 Å². The maximum absolute atomic E-state index is 5.16. The molecule has 0 aliphatic carbocycles.